The Bertz CT molecular complexity index is 964. The number of hydrogen-bond acceptors (Lipinski definition) is 8. The minimum absolute atomic E-state index is 0.0305. The van der Waals surface area contributed by atoms with E-state index in [4.69, 9.17) is 0 Å². The van der Waals surface area contributed by atoms with Crippen molar-refractivity contribution in [1.82, 2.24) is 9.34 Å². The molecule has 174 valence electrons. The lowest BCUT2D eigenvalue weighted by molar-refractivity contribution is 0.535. The standard InChI is InChI=1S/C3H8F5N4P3.C2H6F5N4P3/c1-3-12(2)15(8)10-13(4,5)9-14(6,7)11-15;1-11(2)14(7)9-12(3,4)8-13(5,6)10-14/h3H2,1-2H3;1-2H3. The molecule has 29 heavy (non-hydrogen) atoms. The lowest BCUT2D eigenvalue weighted by Crippen LogP contribution is -2.10. The van der Waals surface area contributed by atoms with Crippen LogP contribution in [0.1, 0.15) is 6.92 Å². The molecule has 2 heterocycles. The lowest BCUT2D eigenvalue weighted by Gasteiger charge is -2.23. The van der Waals surface area contributed by atoms with E-state index in [9.17, 15) is 42.0 Å². The quantitative estimate of drug-likeness (QED) is 0.253. The molecular formula is C5H14F10N8P6. The smallest absolute Gasteiger partial charge is 0.232 e. The van der Waals surface area contributed by atoms with Crippen molar-refractivity contribution in [3.05, 3.63) is 0 Å². The van der Waals surface area contributed by atoms with Gasteiger partial charge in [0, 0.05) is 6.54 Å². The second-order valence-electron chi connectivity index (χ2n) is 5.17. The van der Waals surface area contributed by atoms with E-state index >= 15 is 0 Å². The second-order valence-corrected chi connectivity index (χ2v) is 16.6. The summed E-state index contributed by atoms with van der Waals surface area (Å²) in [4.78, 5) is 0. The Labute approximate surface area is 160 Å². The topological polar surface area (TPSA) is 80.6 Å². The molecule has 0 N–H and O–H groups in total. The summed E-state index contributed by atoms with van der Waals surface area (Å²) in [5, 5.41) is 0. The maximum Gasteiger partial charge on any atom is 0.424 e. The summed E-state index contributed by atoms with van der Waals surface area (Å²) in [6, 6.07) is 0. The fourth-order valence-corrected chi connectivity index (χ4v) is 13.4. The Morgan fingerprint density at radius 3 is 1.14 bits per heavy atom. The van der Waals surface area contributed by atoms with Crippen molar-refractivity contribution in [3.63, 3.8) is 0 Å². The SMILES string of the molecule is CCN(C)P1(F)=NP(F)(F)=NP(F)(F)=N1.CN(C)P1(F)=NP(F)(F)=NP(F)(F)=N1. The summed E-state index contributed by atoms with van der Waals surface area (Å²) < 4.78 is 143. The highest BCUT2D eigenvalue weighted by Crippen LogP contribution is 2.83. The zero-order valence-electron chi connectivity index (χ0n) is 14.7. The molecule has 0 saturated carbocycles. The summed E-state index contributed by atoms with van der Waals surface area (Å²) in [7, 11) is -28.2. The zero-order valence-corrected chi connectivity index (χ0v) is 20.1. The van der Waals surface area contributed by atoms with Crippen LogP contribution < -0.4 is 0 Å². The van der Waals surface area contributed by atoms with Gasteiger partial charge in [-0.1, -0.05) is 6.92 Å². The van der Waals surface area contributed by atoms with Crippen LogP contribution in [0.4, 0.5) is 42.0 Å². The molecule has 2 aliphatic rings. The highest BCUT2D eigenvalue weighted by atomic mass is 31.3. The highest BCUT2D eigenvalue weighted by Gasteiger charge is 2.41. The molecule has 0 aliphatic carbocycles. The first-order valence-corrected chi connectivity index (χ1v) is 15.8. The Balaban J connectivity index is 0.000000291. The Morgan fingerprint density at radius 2 is 0.828 bits per heavy atom. The molecule has 2 rings (SSSR count). The van der Waals surface area contributed by atoms with Gasteiger partial charge in [-0.25, -0.2) is 9.34 Å². The fourth-order valence-electron chi connectivity index (χ4n) is 1.39. The van der Waals surface area contributed by atoms with Crippen molar-refractivity contribution in [2.75, 3.05) is 27.7 Å². The third kappa shape index (κ3) is 7.90. The van der Waals surface area contributed by atoms with Crippen LogP contribution in [0.3, 0.4) is 0 Å². The first-order valence-electron chi connectivity index (χ1n) is 6.86. The molecule has 0 amide bonds. The average Bonchev–Trinajstić information content (AvgIpc) is 2.38. The van der Waals surface area contributed by atoms with Gasteiger partial charge in [-0.05, 0) is 21.1 Å². The Kier molecular flexibility index (Phi) is 8.44. The van der Waals surface area contributed by atoms with Gasteiger partial charge in [0.15, 0.2) is 0 Å². The minimum atomic E-state index is -5.56. The van der Waals surface area contributed by atoms with E-state index in [1.165, 1.54) is 6.92 Å². The highest BCUT2D eigenvalue weighted by molar-refractivity contribution is 7.79. The summed E-state index contributed by atoms with van der Waals surface area (Å²) in [5.74, 6) is 0. The van der Waals surface area contributed by atoms with Gasteiger partial charge in [-0.2, -0.15) is 8.39 Å². The molecule has 0 fully saturated rings. The number of nitrogens with zero attached hydrogens (tertiary/aromatic N) is 8. The van der Waals surface area contributed by atoms with Crippen LogP contribution in [0.15, 0.2) is 27.1 Å². The van der Waals surface area contributed by atoms with E-state index in [-0.39, 0.29) is 6.54 Å². The van der Waals surface area contributed by atoms with Gasteiger partial charge >= 0.3 is 46.6 Å². The van der Waals surface area contributed by atoms with Crippen molar-refractivity contribution < 1.29 is 42.0 Å². The van der Waals surface area contributed by atoms with Gasteiger partial charge < -0.3 is 0 Å². The monoisotopic (exact) mass is 562 g/mol. The molecule has 0 aromatic carbocycles. The van der Waals surface area contributed by atoms with Crippen LogP contribution in [0.5, 0.6) is 0 Å². The summed E-state index contributed by atoms with van der Waals surface area (Å²) in [5.41, 5.74) is 0. The molecule has 0 bridgehead atoms. The van der Waals surface area contributed by atoms with Gasteiger partial charge in [-0.3, -0.25) is 0 Å². The maximum absolute atomic E-state index is 13.7. The molecule has 24 heteroatoms. The lowest BCUT2D eigenvalue weighted by atomic mass is 10.8. The predicted octanol–water partition coefficient (Wildman–Crippen LogP) is 10.9. The summed E-state index contributed by atoms with van der Waals surface area (Å²) in [6.07, 6.45) is 0. The van der Waals surface area contributed by atoms with E-state index in [1.807, 2.05) is 9.03 Å². The molecule has 0 radical (unpaired) electrons. The first kappa shape index (κ1) is 27.6. The fraction of sp³-hybridized carbons (Fsp3) is 1.00. The first-order chi connectivity index (χ1) is 12.7. The van der Waals surface area contributed by atoms with Crippen molar-refractivity contribution in [1.29, 1.82) is 0 Å². The number of halogens is 10. The van der Waals surface area contributed by atoms with Gasteiger partial charge in [-0.15, -0.1) is 60.7 Å². The summed E-state index contributed by atoms with van der Waals surface area (Å²) >= 11 is 0. The third-order valence-electron chi connectivity index (χ3n) is 2.72. The molecule has 8 nitrogen and oxygen atoms in total. The van der Waals surface area contributed by atoms with Crippen LogP contribution in [-0.2, 0) is 0 Å². The number of rotatable bonds is 3. The largest absolute Gasteiger partial charge is 0.424 e. The molecule has 0 aromatic heterocycles. The van der Waals surface area contributed by atoms with Gasteiger partial charge in [0.1, 0.15) is 0 Å². The van der Waals surface area contributed by atoms with Crippen molar-refractivity contribution in [3.8, 4) is 0 Å². The van der Waals surface area contributed by atoms with E-state index in [1.54, 1.807) is 0 Å². The average molecular weight is 562 g/mol. The second kappa shape index (κ2) is 8.86. The van der Waals surface area contributed by atoms with E-state index < -0.39 is 46.6 Å². The maximum atomic E-state index is 13.7. The van der Waals surface area contributed by atoms with E-state index in [2.05, 4.69) is 18.1 Å². The molecule has 0 spiro atoms. The Hall–Kier alpha value is 0.600. The molecule has 2 unspecified atom stereocenters. The Morgan fingerprint density at radius 1 is 0.517 bits per heavy atom. The van der Waals surface area contributed by atoms with Crippen molar-refractivity contribution in [2.24, 2.45) is 27.1 Å². The molecule has 2 aliphatic heterocycles. The van der Waals surface area contributed by atoms with E-state index in [0.29, 0.717) is 9.34 Å². The minimum Gasteiger partial charge on any atom is -0.232 e. The number of hydrogen-bond donors (Lipinski definition) is 0. The van der Waals surface area contributed by atoms with Gasteiger partial charge in [0.25, 0.3) is 0 Å². The van der Waals surface area contributed by atoms with Crippen molar-refractivity contribution in [2.45, 2.75) is 6.92 Å². The third-order valence-corrected chi connectivity index (χ3v) is 15.4. The molecular weight excluding hydrogens is 548 g/mol. The van der Waals surface area contributed by atoms with Crippen LogP contribution in [-0.4, -0.2) is 37.0 Å². The predicted molar refractivity (Wildman–Crippen MR) is 99.2 cm³/mol. The van der Waals surface area contributed by atoms with Gasteiger partial charge in [0.05, 0.1) is 0 Å². The molecule has 0 aromatic rings. The van der Waals surface area contributed by atoms with Crippen LogP contribution >= 0.6 is 46.6 Å². The summed E-state index contributed by atoms with van der Waals surface area (Å²) in [6.45, 7) is 1.41. The normalized spacial score (nSPS) is 33.5. The van der Waals surface area contributed by atoms with Crippen LogP contribution in [0, 0.1) is 0 Å². The molecule has 2 atom stereocenters. The van der Waals surface area contributed by atoms with Crippen molar-refractivity contribution >= 4 is 46.6 Å². The van der Waals surface area contributed by atoms with Crippen LogP contribution in [0.25, 0.3) is 0 Å². The van der Waals surface area contributed by atoms with E-state index in [0.717, 1.165) is 21.1 Å². The molecule has 0 saturated heterocycles. The van der Waals surface area contributed by atoms with Gasteiger partial charge in [0.2, 0.25) is 0 Å². The van der Waals surface area contributed by atoms with Crippen LogP contribution in [0.2, 0.25) is 0 Å². The zero-order chi connectivity index (χ0) is 23.1.